The van der Waals surface area contributed by atoms with Crippen LogP contribution in [-0.2, 0) is 13.2 Å². The minimum absolute atomic E-state index is 0.0940. The van der Waals surface area contributed by atoms with E-state index in [1.807, 2.05) is 18.3 Å². The third-order valence-electron chi connectivity index (χ3n) is 7.60. The van der Waals surface area contributed by atoms with Crippen LogP contribution < -0.4 is 5.32 Å². The number of amides is 2. The highest BCUT2D eigenvalue weighted by Crippen LogP contribution is 2.34. The molecule has 0 bridgehead atoms. The van der Waals surface area contributed by atoms with Gasteiger partial charge in [0, 0.05) is 66.7 Å². The topological polar surface area (TPSA) is 93.0 Å². The van der Waals surface area contributed by atoms with Gasteiger partial charge in [-0.1, -0.05) is 36.4 Å². The predicted octanol–water partition coefficient (Wildman–Crippen LogP) is 6.90. The van der Waals surface area contributed by atoms with Crippen LogP contribution in [0, 0.1) is 0 Å². The van der Waals surface area contributed by atoms with E-state index in [0.29, 0.717) is 54.1 Å². The highest BCUT2D eigenvalue weighted by atomic mass is 32.1. The van der Waals surface area contributed by atoms with Crippen molar-refractivity contribution in [2.45, 2.75) is 24.9 Å². The summed E-state index contributed by atoms with van der Waals surface area (Å²) in [5, 5.41) is 9.82. The first-order valence-electron chi connectivity index (χ1n) is 13.9. The number of thiazole rings is 1. The maximum Gasteiger partial charge on any atom is 0.416 e. The Hall–Kier alpha value is -4.84. The number of rotatable bonds is 6. The third-order valence-corrected chi connectivity index (χ3v) is 8.61. The zero-order chi connectivity index (χ0) is 30.8. The molecule has 5 aromatic rings. The van der Waals surface area contributed by atoms with Crippen LogP contribution >= 0.6 is 11.3 Å². The van der Waals surface area contributed by atoms with Gasteiger partial charge < -0.3 is 10.2 Å². The van der Waals surface area contributed by atoms with Crippen molar-refractivity contribution in [1.29, 1.82) is 0 Å². The van der Waals surface area contributed by atoms with Crippen LogP contribution in [0.2, 0.25) is 0 Å². The molecule has 0 atom stereocenters. The number of likely N-dealkylation sites (tertiary alicyclic amines) is 1. The van der Waals surface area contributed by atoms with Gasteiger partial charge in [-0.2, -0.15) is 18.3 Å². The van der Waals surface area contributed by atoms with Gasteiger partial charge in [0.05, 0.1) is 10.6 Å². The monoisotopic (exact) mass is 616 g/mol. The molecule has 2 aromatic carbocycles. The van der Waals surface area contributed by atoms with Gasteiger partial charge in [0.1, 0.15) is 5.69 Å². The first-order valence-corrected chi connectivity index (χ1v) is 14.8. The lowest BCUT2D eigenvalue weighted by atomic mass is 9.94. The summed E-state index contributed by atoms with van der Waals surface area (Å²) >= 11 is 1.42. The Kier molecular flexibility index (Phi) is 8.00. The number of piperidine rings is 1. The van der Waals surface area contributed by atoms with Crippen LogP contribution in [0.15, 0.2) is 84.6 Å². The quantitative estimate of drug-likeness (QED) is 0.224. The van der Waals surface area contributed by atoms with Crippen LogP contribution in [0.3, 0.4) is 0 Å². The number of benzene rings is 2. The van der Waals surface area contributed by atoms with Gasteiger partial charge in [-0.3, -0.25) is 19.3 Å². The Labute approximate surface area is 255 Å². The first kappa shape index (κ1) is 29.2. The van der Waals surface area contributed by atoms with E-state index in [9.17, 15) is 22.8 Å². The lowest BCUT2D eigenvalue weighted by molar-refractivity contribution is -0.137. The van der Waals surface area contributed by atoms with E-state index in [1.54, 1.807) is 58.7 Å². The van der Waals surface area contributed by atoms with E-state index < -0.39 is 11.7 Å². The summed E-state index contributed by atoms with van der Waals surface area (Å²) in [5.41, 5.74) is 2.73. The molecule has 0 saturated carbocycles. The smallest absolute Gasteiger partial charge is 0.339 e. The number of carbonyl (C=O) groups excluding carboxylic acids is 2. The molecule has 1 aliphatic rings. The second-order valence-corrected chi connectivity index (χ2v) is 11.4. The van der Waals surface area contributed by atoms with E-state index in [0.717, 1.165) is 28.3 Å². The number of halogens is 3. The summed E-state index contributed by atoms with van der Waals surface area (Å²) in [6.45, 7) is 0.989. The fraction of sp³-hybridized carbons (Fsp3) is 0.219. The molecule has 4 heterocycles. The van der Waals surface area contributed by atoms with Crippen LogP contribution in [0.5, 0.6) is 0 Å². The van der Waals surface area contributed by atoms with Gasteiger partial charge in [-0.05, 0) is 48.2 Å². The zero-order valence-corrected chi connectivity index (χ0v) is 24.4. The van der Waals surface area contributed by atoms with Crippen molar-refractivity contribution in [3.63, 3.8) is 0 Å². The van der Waals surface area contributed by atoms with E-state index in [-0.39, 0.29) is 17.7 Å². The predicted molar refractivity (Wildman–Crippen MR) is 161 cm³/mol. The number of nitrogens with zero attached hydrogens (tertiary/aromatic N) is 5. The molecular weight excluding hydrogens is 589 g/mol. The molecule has 0 spiro atoms. The summed E-state index contributed by atoms with van der Waals surface area (Å²) < 4.78 is 40.7. The summed E-state index contributed by atoms with van der Waals surface area (Å²) in [6, 6.07) is 15.5. The standard InChI is InChI=1S/C32H27F3N6O2S/c1-40-18-26(22-5-4-14-36-17-22)28(39-40)38-29(42)27-19-44-30(37-27)21-12-15-41(16-13-21)31(43)25-7-3-2-6-24(25)20-8-10-23(11-9-20)32(33,34)35/h2-11,14,17-19,21H,12-13,15-16H2,1H3,(H,38,39,42). The van der Waals surface area contributed by atoms with Crippen LogP contribution in [0.1, 0.15) is 50.2 Å². The molecule has 1 saturated heterocycles. The van der Waals surface area contributed by atoms with Crippen molar-refractivity contribution < 1.29 is 22.8 Å². The largest absolute Gasteiger partial charge is 0.416 e. The average Bonchev–Trinajstić information content (AvgIpc) is 3.68. The summed E-state index contributed by atoms with van der Waals surface area (Å²) in [7, 11) is 1.78. The van der Waals surface area contributed by atoms with Crippen molar-refractivity contribution in [2.24, 2.45) is 7.05 Å². The maximum absolute atomic E-state index is 13.5. The van der Waals surface area contributed by atoms with E-state index >= 15 is 0 Å². The minimum atomic E-state index is -4.43. The molecule has 12 heteroatoms. The zero-order valence-electron chi connectivity index (χ0n) is 23.6. The van der Waals surface area contributed by atoms with Gasteiger partial charge in [-0.15, -0.1) is 11.3 Å². The lowest BCUT2D eigenvalue weighted by Gasteiger charge is -2.31. The highest BCUT2D eigenvalue weighted by molar-refractivity contribution is 7.10. The van der Waals surface area contributed by atoms with Gasteiger partial charge in [0.2, 0.25) is 0 Å². The number of alkyl halides is 3. The van der Waals surface area contributed by atoms with Gasteiger partial charge >= 0.3 is 6.18 Å². The SMILES string of the molecule is Cn1cc(-c2cccnc2)c(NC(=O)c2csc(C3CCN(C(=O)c4ccccc4-c4ccc(C(F)(F)F)cc4)CC3)n2)n1. The van der Waals surface area contributed by atoms with Crippen molar-refractivity contribution in [2.75, 3.05) is 18.4 Å². The van der Waals surface area contributed by atoms with Crippen LogP contribution in [0.4, 0.5) is 19.0 Å². The van der Waals surface area contributed by atoms with Gasteiger partial charge in [-0.25, -0.2) is 4.98 Å². The van der Waals surface area contributed by atoms with Gasteiger partial charge in [0.15, 0.2) is 5.82 Å². The molecule has 3 aromatic heterocycles. The van der Waals surface area contributed by atoms with E-state index in [2.05, 4.69) is 20.4 Å². The Bertz CT molecular complexity index is 1790. The summed E-state index contributed by atoms with van der Waals surface area (Å²) in [5.74, 6) is -0.0122. The highest BCUT2D eigenvalue weighted by Gasteiger charge is 2.31. The molecule has 1 aliphatic heterocycles. The van der Waals surface area contributed by atoms with Crippen molar-refractivity contribution >= 4 is 29.0 Å². The maximum atomic E-state index is 13.5. The van der Waals surface area contributed by atoms with Crippen LogP contribution in [0.25, 0.3) is 22.3 Å². The molecule has 0 radical (unpaired) electrons. The molecule has 2 amide bonds. The number of nitrogens with one attached hydrogen (secondary N) is 1. The Morgan fingerprint density at radius 1 is 0.955 bits per heavy atom. The van der Waals surface area contributed by atoms with Crippen molar-refractivity contribution in [3.05, 3.63) is 106 Å². The Morgan fingerprint density at radius 2 is 1.70 bits per heavy atom. The summed E-state index contributed by atoms with van der Waals surface area (Å²) in [4.78, 5) is 37.1. The summed E-state index contributed by atoms with van der Waals surface area (Å²) in [6.07, 6.45) is 2.12. The number of aryl methyl sites for hydroxylation is 1. The minimum Gasteiger partial charge on any atom is -0.339 e. The average molecular weight is 617 g/mol. The number of hydrogen-bond acceptors (Lipinski definition) is 6. The molecule has 1 N–H and O–H groups in total. The lowest BCUT2D eigenvalue weighted by Crippen LogP contribution is -2.38. The second-order valence-electron chi connectivity index (χ2n) is 10.5. The number of carbonyl (C=O) groups is 2. The van der Waals surface area contributed by atoms with Crippen LogP contribution in [-0.4, -0.2) is 49.6 Å². The fourth-order valence-electron chi connectivity index (χ4n) is 5.33. The molecule has 44 heavy (non-hydrogen) atoms. The molecule has 1 fully saturated rings. The number of pyridine rings is 1. The molecule has 8 nitrogen and oxygen atoms in total. The van der Waals surface area contributed by atoms with Gasteiger partial charge in [0.25, 0.3) is 11.8 Å². The first-order chi connectivity index (χ1) is 21.2. The van der Waals surface area contributed by atoms with E-state index in [1.165, 1.54) is 23.5 Å². The normalized spacial score (nSPS) is 14.0. The second kappa shape index (κ2) is 12.0. The number of anilines is 1. The molecule has 6 rings (SSSR count). The van der Waals surface area contributed by atoms with E-state index in [4.69, 9.17) is 0 Å². The fourth-order valence-corrected chi connectivity index (χ4v) is 6.30. The Balaban J connectivity index is 1.10. The van der Waals surface area contributed by atoms with Crippen molar-refractivity contribution in [1.82, 2.24) is 24.6 Å². The molecule has 224 valence electrons. The van der Waals surface area contributed by atoms with Crippen molar-refractivity contribution in [3.8, 4) is 22.3 Å². The third kappa shape index (κ3) is 6.11. The Morgan fingerprint density at radius 3 is 2.41 bits per heavy atom. The number of hydrogen-bond donors (Lipinski definition) is 1. The molecule has 0 aliphatic carbocycles. The number of aromatic nitrogens is 4. The molecular formula is C32H27F3N6O2S. The molecule has 0 unspecified atom stereocenters.